The van der Waals surface area contributed by atoms with E-state index in [1.54, 1.807) is 0 Å². The van der Waals surface area contributed by atoms with Gasteiger partial charge in [-0.1, -0.05) is 0 Å². The van der Waals surface area contributed by atoms with E-state index in [0.29, 0.717) is 0 Å². The Morgan fingerprint density at radius 3 is 1.54 bits per heavy atom. The topological polar surface area (TPSA) is 18.5 Å². The van der Waals surface area contributed by atoms with E-state index in [2.05, 4.69) is 45.8 Å². The summed E-state index contributed by atoms with van der Waals surface area (Å²) in [7, 11) is -3.81. The number of hydrogen-bond donors (Lipinski definition) is 0. The van der Waals surface area contributed by atoms with Gasteiger partial charge in [0.2, 0.25) is 0 Å². The second kappa shape index (κ2) is 6.30. The van der Waals surface area contributed by atoms with Gasteiger partial charge >= 0.3 is 8.56 Å². The van der Waals surface area contributed by atoms with E-state index in [9.17, 15) is 0 Å². The van der Waals surface area contributed by atoms with Crippen molar-refractivity contribution in [3.63, 3.8) is 0 Å². The summed E-state index contributed by atoms with van der Waals surface area (Å²) in [4.78, 5) is 0. The summed E-state index contributed by atoms with van der Waals surface area (Å²) < 4.78 is 11.9. The maximum absolute atomic E-state index is 6.02. The van der Waals surface area contributed by atoms with Crippen LogP contribution in [0.15, 0.2) is 0 Å². The van der Waals surface area contributed by atoms with Crippen LogP contribution in [0.2, 0.25) is 45.8 Å². The van der Waals surface area contributed by atoms with E-state index >= 15 is 0 Å². The molecule has 0 N–H and O–H groups in total. The molecule has 0 saturated carbocycles. The zero-order valence-corrected chi connectivity index (χ0v) is 15.7. The molecule has 0 spiro atoms. The molecule has 0 rings (SSSR count). The molecule has 0 fully saturated rings. The molecular weight excluding hydrogens is 289 g/mol. The fraction of sp³-hybridized carbons (Fsp3) is 1.00. The summed E-state index contributed by atoms with van der Waals surface area (Å²) in [5, 5.41) is 0. The second-order valence-corrected chi connectivity index (χ2v) is 15.1. The van der Waals surface area contributed by atoms with Crippen molar-refractivity contribution in [2.24, 2.45) is 0 Å². The van der Waals surface area contributed by atoms with Crippen molar-refractivity contribution in [2.75, 3.05) is 0 Å². The van der Waals surface area contributed by atoms with Crippen molar-refractivity contribution in [1.29, 1.82) is 0 Å². The first-order valence-corrected chi connectivity index (χ1v) is 12.9. The zero-order chi connectivity index (χ0) is 9.99. The smallest absolute Gasteiger partial charge is 0.311 e. The van der Waals surface area contributed by atoms with E-state index in [-0.39, 0.29) is 32.7 Å². The van der Waals surface area contributed by atoms with E-state index in [4.69, 9.17) is 8.23 Å². The molecule has 0 unspecified atom stereocenters. The van der Waals surface area contributed by atoms with Crippen LogP contribution >= 0.6 is 0 Å². The molecule has 0 aromatic rings. The molecule has 0 aromatic carbocycles. The Kier molecular flexibility index (Phi) is 8.28. The molecule has 13 heavy (non-hydrogen) atoms. The third-order valence-corrected chi connectivity index (χ3v) is 9.02. The van der Waals surface area contributed by atoms with Gasteiger partial charge in [0.1, 0.15) is 0 Å². The molecule has 6 heteroatoms. The Labute approximate surface area is 112 Å². The molecule has 0 saturated heterocycles. The molecule has 0 aliphatic rings. The first-order chi connectivity index (χ1) is 5.12. The van der Waals surface area contributed by atoms with Crippen molar-refractivity contribution in [1.82, 2.24) is 0 Å². The van der Waals surface area contributed by atoms with Gasteiger partial charge in [-0.25, -0.2) is 0 Å². The number of hydrogen-bond acceptors (Lipinski definition) is 2. The van der Waals surface area contributed by atoms with E-state index < -0.39 is 25.9 Å². The minimum absolute atomic E-state index is 0. The van der Waals surface area contributed by atoms with Crippen molar-refractivity contribution in [2.45, 2.75) is 45.8 Å². The molecule has 0 amide bonds. The average molecular weight is 310 g/mol. The SMILES string of the molecule is C[Si](C)O[Si](C)(C)O[Si](C)(C)C.[Y]. The Morgan fingerprint density at radius 2 is 1.31 bits per heavy atom. The normalized spacial score (nSPS) is 12.9. The van der Waals surface area contributed by atoms with Gasteiger partial charge in [0.25, 0.3) is 0 Å². The molecule has 0 bridgehead atoms. The van der Waals surface area contributed by atoms with Gasteiger partial charge in [-0.3, -0.25) is 0 Å². The zero-order valence-electron chi connectivity index (χ0n) is 9.89. The van der Waals surface area contributed by atoms with Gasteiger partial charge in [-0.15, -0.1) is 0 Å². The first-order valence-electron chi connectivity index (χ1n) is 4.32. The van der Waals surface area contributed by atoms with Crippen molar-refractivity contribution in [3.8, 4) is 0 Å². The molecule has 0 aromatic heterocycles. The Balaban J connectivity index is 0. The summed E-state index contributed by atoms with van der Waals surface area (Å²) in [5.41, 5.74) is 0. The van der Waals surface area contributed by atoms with Gasteiger partial charge in [0.05, 0.1) is 0 Å². The van der Waals surface area contributed by atoms with Gasteiger partial charge in [0.15, 0.2) is 17.4 Å². The van der Waals surface area contributed by atoms with E-state index in [0.717, 1.165) is 0 Å². The molecule has 2 radical (unpaired) electrons. The molecular formula is C7H21O2Si3Y. The fourth-order valence-electron chi connectivity index (χ4n) is 1.25. The third kappa shape index (κ3) is 11.6. The minimum Gasteiger partial charge on any atom is -0.437 e. The van der Waals surface area contributed by atoms with Crippen LogP contribution in [0.5, 0.6) is 0 Å². The Hall–Kier alpha value is 1.67. The van der Waals surface area contributed by atoms with Crippen molar-refractivity contribution < 1.29 is 40.9 Å². The van der Waals surface area contributed by atoms with Gasteiger partial charge in [-0.2, -0.15) is 0 Å². The van der Waals surface area contributed by atoms with Crippen LogP contribution in [0.4, 0.5) is 0 Å². The quantitative estimate of drug-likeness (QED) is 0.744. The van der Waals surface area contributed by atoms with Crippen molar-refractivity contribution in [3.05, 3.63) is 0 Å². The standard InChI is InChI=1S/C7H21O2Si3.Y/c1-10(2)8-12(6,7)9-11(3,4)5;/h1-7H3;. The van der Waals surface area contributed by atoms with Crippen molar-refractivity contribution >= 4 is 25.9 Å². The van der Waals surface area contributed by atoms with Crippen LogP contribution < -0.4 is 0 Å². The summed E-state index contributed by atoms with van der Waals surface area (Å²) in [6.07, 6.45) is 0. The first kappa shape index (κ1) is 17.1. The predicted molar refractivity (Wildman–Crippen MR) is 60.5 cm³/mol. The molecule has 0 aliphatic carbocycles. The summed E-state index contributed by atoms with van der Waals surface area (Å²) in [5.74, 6) is 0. The minimum atomic E-state index is -1.79. The van der Waals surface area contributed by atoms with Crippen LogP contribution in [0.3, 0.4) is 0 Å². The maximum Gasteiger partial charge on any atom is 0.311 e. The summed E-state index contributed by atoms with van der Waals surface area (Å²) in [6.45, 7) is 15.2. The molecule has 0 atom stereocenters. The Morgan fingerprint density at radius 1 is 0.923 bits per heavy atom. The second-order valence-electron chi connectivity index (χ2n) is 4.62. The summed E-state index contributed by atoms with van der Waals surface area (Å²) >= 11 is 0. The van der Waals surface area contributed by atoms with Crippen LogP contribution in [0.25, 0.3) is 0 Å². The third-order valence-electron chi connectivity index (χ3n) is 1.00. The van der Waals surface area contributed by atoms with Crippen LogP contribution in [-0.4, -0.2) is 25.9 Å². The maximum atomic E-state index is 6.02. The summed E-state index contributed by atoms with van der Waals surface area (Å²) in [6, 6.07) is 0. The Bertz CT molecular complexity index is 145. The van der Waals surface area contributed by atoms with Crippen LogP contribution in [0.1, 0.15) is 0 Å². The van der Waals surface area contributed by atoms with Gasteiger partial charge in [-0.05, 0) is 45.8 Å². The molecule has 2 nitrogen and oxygen atoms in total. The van der Waals surface area contributed by atoms with Gasteiger partial charge in [0, 0.05) is 32.7 Å². The molecule has 76 valence electrons. The number of rotatable bonds is 4. The van der Waals surface area contributed by atoms with E-state index in [1.165, 1.54) is 0 Å². The molecule has 0 aliphatic heterocycles. The average Bonchev–Trinajstić information content (AvgIpc) is 1.48. The van der Waals surface area contributed by atoms with Crippen LogP contribution in [-0.2, 0) is 40.9 Å². The monoisotopic (exact) mass is 310 g/mol. The fourth-order valence-corrected chi connectivity index (χ4v) is 11.6. The van der Waals surface area contributed by atoms with Crippen LogP contribution in [0, 0.1) is 0 Å². The largest absolute Gasteiger partial charge is 0.437 e. The van der Waals surface area contributed by atoms with E-state index in [1.807, 2.05) is 0 Å². The van der Waals surface area contributed by atoms with Gasteiger partial charge < -0.3 is 8.23 Å². The predicted octanol–water partition coefficient (Wildman–Crippen LogP) is 2.80. The molecule has 0 heterocycles.